The summed E-state index contributed by atoms with van der Waals surface area (Å²) in [6.07, 6.45) is 1.79. The second-order valence-corrected chi connectivity index (χ2v) is 1.90. The lowest BCUT2D eigenvalue weighted by molar-refractivity contribution is 0.0670. The number of rotatable bonds is 2. The van der Waals surface area contributed by atoms with Gasteiger partial charge in [0.15, 0.2) is 11.4 Å². The predicted octanol–water partition coefficient (Wildman–Crippen LogP) is -0.127. The average Bonchev–Trinajstić information content (AvgIpc) is 2.04. The Kier molecular flexibility index (Phi) is 2.00. The number of aromatic carboxylic acids is 2. The van der Waals surface area contributed by atoms with Crippen LogP contribution in [0.5, 0.6) is 0 Å². The molecule has 0 radical (unpaired) electrons. The van der Waals surface area contributed by atoms with Crippen LogP contribution in [0.2, 0.25) is 0 Å². The van der Waals surface area contributed by atoms with Crippen LogP contribution >= 0.6 is 0 Å². The van der Waals surface area contributed by atoms with Crippen molar-refractivity contribution in [3.8, 4) is 0 Å². The lowest BCUT2D eigenvalue weighted by Crippen LogP contribution is -2.06. The van der Waals surface area contributed by atoms with Gasteiger partial charge >= 0.3 is 11.9 Å². The summed E-state index contributed by atoms with van der Waals surface area (Å²) in [6, 6.07) is 0. The molecule has 2 N–H and O–H groups in total. The molecule has 0 aromatic carbocycles. The second-order valence-electron chi connectivity index (χ2n) is 1.90. The number of hydrogen-bond donors (Lipinski definition) is 2. The van der Waals surface area contributed by atoms with Crippen LogP contribution in [-0.4, -0.2) is 32.1 Å². The fourth-order valence-corrected chi connectivity index (χ4v) is 0.549. The van der Waals surface area contributed by atoms with Gasteiger partial charge in [0, 0.05) is 0 Å². The summed E-state index contributed by atoms with van der Waals surface area (Å²) >= 11 is 0. The van der Waals surface area contributed by atoms with Crippen molar-refractivity contribution < 1.29 is 19.8 Å². The van der Waals surface area contributed by atoms with E-state index in [9.17, 15) is 9.59 Å². The van der Waals surface area contributed by atoms with Gasteiger partial charge in [0.2, 0.25) is 0 Å². The molecule has 62 valence electrons. The van der Waals surface area contributed by atoms with Crippen molar-refractivity contribution in [2.45, 2.75) is 0 Å². The minimum Gasteiger partial charge on any atom is -0.476 e. The lowest BCUT2D eigenvalue weighted by atomic mass is 10.4. The molecule has 1 aromatic rings. The lowest BCUT2D eigenvalue weighted by Gasteiger charge is -1.93. The largest absolute Gasteiger partial charge is 0.476 e. The maximum atomic E-state index is 10.2. The molecular formula is C6H4N2O4. The molecule has 1 rings (SSSR count). The highest BCUT2D eigenvalue weighted by molar-refractivity contribution is 5.87. The number of aromatic nitrogens is 2. The monoisotopic (exact) mass is 168 g/mol. The van der Waals surface area contributed by atoms with Gasteiger partial charge < -0.3 is 10.2 Å². The van der Waals surface area contributed by atoms with Gasteiger partial charge in [-0.25, -0.2) is 19.6 Å². The Hall–Kier alpha value is -1.98. The van der Waals surface area contributed by atoms with Gasteiger partial charge in [-0.1, -0.05) is 0 Å². The molecule has 0 saturated heterocycles. The van der Waals surface area contributed by atoms with E-state index in [1.165, 1.54) is 0 Å². The zero-order valence-corrected chi connectivity index (χ0v) is 5.76. The number of carboxylic acid groups (broad SMARTS) is 2. The van der Waals surface area contributed by atoms with Crippen molar-refractivity contribution in [2.75, 3.05) is 0 Å². The molecule has 0 aliphatic rings. The molecule has 6 heteroatoms. The van der Waals surface area contributed by atoms with Crippen molar-refractivity contribution in [1.29, 1.82) is 0 Å². The smallest absolute Gasteiger partial charge is 0.356 e. The van der Waals surface area contributed by atoms with Crippen LogP contribution in [0.3, 0.4) is 0 Å². The maximum Gasteiger partial charge on any atom is 0.356 e. The quantitative estimate of drug-likeness (QED) is 0.638. The van der Waals surface area contributed by atoms with Crippen molar-refractivity contribution >= 4 is 11.9 Å². The van der Waals surface area contributed by atoms with Crippen LogP contribution in [0.1, 0.15) is 21.0 Å². The fourth-order valence-electron chi connectivity index (χ4n) is 0.549. The average molecular weight is 168 g/mol. The van der Waals surface area contributed by atoms with Crippen LogP contribution in [0.25, 0.3) is 0 Å². The fraction of sp³-hybridized carbons (Fsp3) is 0. The van der Waals surface area contributed by atoms with Crippen molar-refractivity contribution in [1.82, 2.24) is 9.97 Å². The first-order valence-electron chi connectivity index (χ1n) is 2.90. The zero-order valence-electron chi connectivity index (χ0n) is 5.76. The first-order valence-corrected chi connectivity index (χ1v) is 2.90. The molecular weight excluding hydrogens is 164 g/mol. The molecule has 0 amide bonds. The second kappa shape index (κ2) is 2.95. The molecule has 0 aliphatic heterocycles. The highest BCUT2D eigenvalue weighted by atomic mass is 16.4. The highest BCUT2D eigenvalue weighted by Gasteiger charge is 2.08. The van der Waals surface area contributed by atoms with Crippen LogP contribution in [0, 0.1) is 0 Å². The Morgan fingerprint density at radius 3 is 1.50 bits per heavy atom. The molecule has 0 fully saturated rings. The van der Waals surface area contributed by atoms with E-state index in [1.807, 2.05) is 0 Å². The van der Waals surface area contributed by atoms with E-state index < -0.39 is 11.9 Å². The Labute approximate surface area is 66.5 Å². The molecule has 0 bridgehead atoms. The standard InChI is InChI=1S/C6H4N2O4/c9-5(10)3-1-7-4(2-8-3)6(11)12/h1-2H,(H,9,10)(H,11,12). The number of carboxylic acids is 2. The maximum absolute atomic E-state index is 10.2. The van der Waals surface area contributed by atoms with Crippen LogP contribution in [0.4, 0.5) is 0 Å². The third-order valence-corrected chi connectivity index (χ3v) is 1.09. The molecule has 1 heterocycles. The normalized spacial score (nSPS) is 9.33. The molecule has 0 atom stereocenters. The summed E-state index contributed by atoms with van der Waals surface area (Å²) in [5, 5.41) is 16.7. The topological polar surface area (TPSA) is 100 Å². The summed E-state index contributed by atoms with van der Waals surface area (Å²) < 4.78 is 0. The summed E-state index contributed by atoms with van der Waals surface area (Å²) in [7, 11) is 0. The molecule has 1 aromatic heterocycles. The Morgan fingerprint density at radius 1 is 1.00 bits per heavy atom. The van der Waals surface area contributed by atoms with Gasteiger partial charge in [-0.05, 0) is 0 Å². The van der Waals surface area contributed by atoms with Gasteiger partial charge in [-0.2, -0.15) is 0 Å². The molecule has 0 unspecified atom stereocenters. The Balaban J connectivity index is 3.01. The van der Waals surface area contributed by atoms with Crippen LogP contribution < -0.4 is 0 Å². The van der Waals surface area contributed by atoms with Gasteiger partial charge in [-0.3, -0.25) is 0 Å². The van der Waals surface area contributed by atoms with Crippen molar-refractivity contribution in [2.24, 2.45) is 0 Å². The third-order valence-electron chi connectivity index (χ3n) is 1.09. The molecule has 0 aliphatic carbocycles. The van der Waals surface area contributed by atoms with Crippen LogP contribution in [0.15, 0.2) is 12.4 Å². The van der Waals surface area contributed by atoms with Gasteiger partial charge in [0.1, 0.15) is 0 Å². The summed E-state index contributed by atoms with van der Waals surface area (Å²) in [5.74, 6) is -2.47. The van der Waals surface area contributed by atoms with E-state index >= 15 is 0 Å². The number of hydrogen-bond acceptors (Lipinski definition) is 4. The number of carbonyl (C=O) groups is 2. The van der Waals surface area contributed by atoms with E-state index in [2.05, 4.69) is 9.97 Å². The minimum absolute atomic E-state index is 0.278. The summed E-state index contributed by atoms with van der Waals surface area (Å²) in [6.45, 7) is 0. The molecule has 0 saturated carbocycles. The van der Waals surface area contributed by atoms with Gasteiger partial charge in [0.25, 0.3) is 0 Å². The van der Waals surface area contributed by atoms with Crippen LogP contribution in [-0.2, 0) is 0 Å². The molecule has 6 nitrogen and oxygen atoms in total. The van der Waals surface area contributed by atoms with Crippen molar-refractivity contribution in [3.05, 3.63) is 23.8 Å². The third kappa shape index (κ3) is 1.54. The molecule has 0 spiro atoms. The first-order chi connectivity index (χ1) is 5.61. The number of nitrogens with zero attached hydrogens (tertiary/aromatic N) is 2. The van der Waals surface area contributed by atoms with E-state index in [0.29, 0.717) is 0 Å². The summed E-state index contributed by atoms with van der Waals surface area (Å²) in [5.41, 5.74) is -0.556. The SMILES string of the molecule is O=C(O)c1cnc(C(=O)O)cn1. The van der Waals surface area contributed by atoms with E-state index in [0.717, 1.165) is 12.4 Å². The van der Waals surface area contributed by atoms with Crippen molar-refractivity contribution in [3.63, 3.8) is 0 Å². The van der Waals surface area contributed by atoms with E-state index in [4.69, 9.17) is 10.2 Å². The van der Waals surface area contributed by atoms with Gasteiger partial charge in [-0.15, -0.1) is 0 Å². The predicted molar refractivity (Wildman–Crippen MR) is 36.0 cm³/mol. The first kappa shape index (κ1) is 8.12. The zero-order chi connectivity index (χ0) is 9.14. The highest BCUT2D eigenvalue weighted by Crippen LogP contribution is 1.94. The van der Waals surface area contributed by atoms with E-state index in [1.54, 1.807) is 0 Å². The minimum atomic E-state index is -1.24. The Morgan fingerprint density at radius 2 is 1.33 bits per heavy atom. The summed E-state index contributed by atoms with van der Waals surface area (Å²) in [4.78, 5) is 27.2. The van der Waals surface area contributed by atoms with Gasteiger partial charge in [0.05, 0.1) is 12.4 Å². The van der Waals surface area contributed by atoms with E-state index in [-0.39, 0.29) is 11.4 Å². The molecule has 12 heavy (non-hydrogen) atoms. The Bertz CT molecular complexity index is 286.